The normalized spacial score (nSPS) is 17.3. The molecule has 0 spiro atoms. The van der Waals surface area contributed by atoms with Crippen LogP contribution in [0.25, 0.3) is 39.0 Å². The lowest BCUT2D eigenvalue weighted by Crippen LogP contribution is -2.36. The number of hydrogen-bond donors (Lipinski definition) is 3. The molecule has 0 bridgehead atoms. The van der Waals surface area contributed by atoms with Gasteiger partial charge in [-0.05, 0) is 49.1 Å². The van der Waals surface area contributed by atoms with E-state index in [1.807, 2.05) is 65.5 Å². The molecule has 1 saturated carbocycles. The summed E-state index contributed by atoms with van der Waals surface area (Å²) >= 11 is 7.15. The van der Waals surface area contributed by atoms with Gasteiger partial charge in [0.15, 0.2) is 0 Å². The Bertz CT molecular complexity index is 1940. The van der Waals surface area contributed by atoms with Crippen LogP contribution in [0.1, 0.15) is 24.0 Å². The second-order valence-corrected chi connectivity index (χ2v) is 12.2. The van der Waals surface area contributed by atoms with E-state index in [0.29, 0.717) is 40.6 Å². The SMILES string of the molecule is COc1cc(-n2ncc3c(-c4cccc(-c5ccc(C6=NCCN6)c(OC)n5)c4Cl)cccc32)cc(OC)c1CNCC1CC(O)C1. The summed E-state index contributed by atoms with van der Waals surface area (Å²) in [6.45, 7) is 2.96. The van der Waals surface area contributed by atoms with E-state index in [4.69, 9.17) is 35.9 Å². The van der Waals surface area contributed by atoms with Crippen LogP contribution in [-0.2, 0) is 6.54 Å². The fraction of sp³-hybridized carbons (Fsp3) is 0.306. The Morgan fingerprint density at radius 2 is 1.68 bits per heavy atom. The summed E-state index contributed by atoms with van der Waals surface area (Å²) in [6.07, 6.45) is 3.39. The summed E-state index contributed by atoms with van der Waals surface area (Å²) in [5.74, 6) is 3.19. The fourth-order valence-corrected chi connectivity index (χ4v) is 6.79. The van der Waals surface area contributed by atoms with Crippen molar-refractivity contribution in [1.82, 2.24) is 25.4 Å². The van der Waals surface area contributed by atoms with Crippen molar-refractivity contribution in [1.29, 1.82) is 0 Å². The lowest BCUT2D eigenvalue weighted by atomic mass is 9.82. The van der Waals surface area contributed by atoms with Crippen LogP contribution in [0.3, 0.4) is 0 Å². The van der Waals surface area contributed by atoms with Gasteiger partial charge in [-0.1, -0.05) is 41.9 Å². The van der Waals surface area contributed by atoms with Gasteiger partial charge in [-0.25, -0.2) is 9.67 Å². The van der Waals surface area contributed by atoms with Crippen molar-refractivity contribution in [3.8, 4) is 45.5 Å². The van der Waals surface area contributed by atoms with Crippen LogP contribution in [0, 0.1) is 5.92 Å². The predicted molar refractivity (Wildman–Crippen MR) is 184 cm³/mol. The second-order valence-electron chi connectivity index (χ2n) is 11.8. The summed E-state index contributed by atoms with van der Waals surface area (Å²) in [4.78, 5) is 9.32. The highest BCUT2D eigenvalue weighted by Gasteiger charge is 2.27. The number of methoxy groups -OCH3 is 3. The number of aliphatic hydroxyl groups excluding tert-OH is 1. The van der Waals surface area contributed by atoms with E-state index < -0.39 is 0 Å². The Balaban J connectivity index is 1.22. The first-order valence-electron chi connectivity index (χ1n) is 15.7. The number of pyridine rings is 1. The zero-order chi connectivity index (χ0) is 32.5. The van der Waals surface area contributed by atoms with Crippen LogP contribution in [0.5, 0.6) is 17.4 Å². The third kappa shape index (κ3) is 5.88. The Labute approximate surface area is 278 Å². The highest BCUT2D eigenvalue weighted by Crippen LogP contribution is 2.40. The number of amidine groups is 1. The zero-order valence-electron chi connectivity index (χ0n) is 26.6. The van der Waals surface area contributed by atoms with Crippen LogP contribution in [0.2, 0.25) is 5.02 Å². The molecule has 0 saturated heterocycles. The quantitative estimate of drug-likeness (QED) is 0.168. The summed E-state index contributed by atoms with van der Waals surface area (Å²) < 4.78 is 19.2. The smallest absolute Gasteiger partial charge is 0.224 e. The zero-order valence-corrected chi connectivity index (χ0v) is 27.3. The van der Waals surface area contributed by atoms with Crippen molar-refractivity contribution in [3.05, 3.63) is 83.0 Å². The minimum Gasteiger partial charge on any atom is -0.496 e. The molecule has 10 nitrogen and oxygen atoms in total. The third-order valence-corrected chi connectivity index (χ3v) is 9.35. The van der Waals surface area contributed by atoms with Crippen LogP contribution in [0.4, 0.5) is 0 Å². The number of aliphatic imine (C=N–C) groups is 1. The van der Waals surface area contributed by atoms with Gasteiger partial charge in [-0.2, -0.15) is 5.10 Å². The van der Waals surface area contributed by atoms with E-state index in [9.17, 15) is 5.11 Å². The van der Waals surface area contributed by atoms with Crippen LogP contribution >= 0.6 is 11.6 Å². The molecular weight excluding hydrogens is 616 g/mol. The van der Waals surface area contributed by atoms with E-state index in [-0.39, 0.29) is 6.10 Å². The topological polar surface area (TPSA) is 115 Å². The summed E-state index contributed by atoms with van der Waals surface area (Å²) in [5.41, 5.74) is 6.82. The van der Waals surface area contributed by atoms with Crippen LogP contribution in [-0.4, -0.2) is 72.8 Å². The number of aromatic nitrogens is 3. The van der Waals surface area contributed by atoms with E-state index in [0.717, 1.165) is 82.7 Å². The molecule has 1 aliphatic carbocycles. The first-order valence-corrected chi connectivity index (χ1v) is 16.1. The number of ether oxygens (including phenoxy) is 3. The average molecular weight is 653 g/mol. The molecule has 0 radical (unpaired) electrons. The van der Waals surface area contributed by atoms with Crippen molar-refractivity contribution in [2.75, 3.05) is 41.0 Å². The van der Waals surface area contributed by atoms with Gasteiger partial charge >= 0.3 is 0 Å². The van der Waals surface area contributed by atoms with Crippen molar-refractivity contribution >= 4 is 28.3 Å². The number of nitrogens with one attached hydrogen (secondary N) is 2. The molecule has 3 heterocycles. The number of hydrogen-bond acceptors (Lipinski definition) is 9. The first-order chi connectivity index (χ1) is 23.0. The Morgan fingerprint density at radius 1 is 0.936 bits per heavy atom. The standard InChI is InChI=1S/C36H37ClN6O4/c1-45-32-16-22(17-33(46-2)29(32)19-38-18-21-14-23(44)15-21)43-31-9-5-6-24(28(31)20-41-43)25-7-4-8-26(34(25)37)30-11-10-27(36(42-30)47-3)35-39-12-13-40-35/h4-11,16-17,20-21,23,38,44H,12-15,18-19H2,1-3H3,(H,39,40). The van der Waals surface area contributed by atoms with Crippen molar-refractivity contribution < 1.29 is 19.3 Å². The van der Waals surface area contributed by atoms with Gasteiger partial charge in [0, 0.05) is 41.7 Å². The van der Waals surface area contributed by atoms with Gasteiger partial charge in [-0.15, -0.1) is 0 Å². The van der Waals surface area contributed by atoms with Gasteiger partial charge in [0.05, 0.1) is 73.2 Å². The van der Waals surface area contributed by atoms with Crippen molar-refractivity contribution in [2.24, 2.45) is 10.9 Å². The first kappa shape index (κ1) is 31.0. The molecule has 2 aliphatic rings. The summed E-state index contributed by atoms with van der Waals surface area (Å²) in [6, 6.07) is 19.9. The van der Waals surface area contributed by atoms with E-state index in [2.05, 4.69) is 21.7 Å². The van der Waals surface area contributed by atoms with Gasteiger partial charge in [0.2, 0.25) is 5.88 Å². The number of aliphatic hydroxyl groups is 1. The predicted octanol–water partition coefficient (Wildman–Crippen LogP) is 5.64. The Morgan fingerprint density at radius 3 is 2.38 bits per heavy atom. The highest BCUT2D eigenvalue weighted by atomic mass is 35.5. The second kappa shape index (κ2) is 13.2. The molecule has 2 aromatic heterocycles. The molecule has 47 heavy (non-hydrogen) atoms. The van der Waals surface area contributed by atoms with Gasteiger partial charge < -0.3 is 30.0 Å². The molecule has 1 fully saturated rings. The lowest BCUT2D eigenvalue weighted by molar-refractivity contribution is 0.0429. The number of halogens is 1. The van der Waals surface area contributed by atoms with E-state index in [1.165, 1.54) is 0 Å². The van der Waals surface area contributed by atoms with Crippen LogP contribution < -0.4 is 24.8 Å². The molecule has 0 unspecified atom stereocenters. The Kier molecular flexibility index (Phi) is 8.72. The number of fused-ring (bicyclic) bond motifs is 1. The van der Waals surface area contributed by atoms with E-state index in [1.54, 1.807) is 21.3 Å². The van der Waals surface area contributed by atoms with Crippen LogP contribution in [0.15, 0.2) is 71.9 Å². The largest absolute Gasteiger partial charge is 0.496 e. The molecule has 3 aromatic carbocycles. The maximum atomic E-state index is 9.61. The molecule has 5 aromatic rings. The van der Waals surface area contributed by atoms with Gasteiger partial charge in [0.25, 0.3) is 0 Å². The molecule has 11 heteroatoms. The third-order valence-electron chi connectivity index (χ3n) is 8.94. The molecule has 0 atom stereocenters. The number of nitrogens with zero attached hydrogens (tertiary/aromatic N) is 4. The fourth-order valence-electron chi connectivity index (χ4n) is 6.47. The molecular formula is C36H37ClN6O4. The van der Waals surface area contributed by atoms with Gasteiger partial charge in [0.1, 0.15) is 17.3 Å². The van der Waals surface area contributed by atoms with Crippen molar-refractivity contribution in [2.45, 2.75) is 25.5 Å². The summed E-state index contributed by atoms with van der Waals surface area (Å²) in [5, 5.41) is 22.7. The minimum atomic E-state index is -0.164. The minimum absolute atomic E-state index is 0.164. The van der Waals surface area contributed by atoms with Gasteiger partial charge in [-0.3, -0.25) is 4.99 Å². The average Bonchev–Trinajstić information content (AvgIpc) is 3.78. The number of rotatable bonds is 11. The lowest BCUT2D eigenvalue weighted by Gasteiger charge is -2.31. The monoisotopic (exact) mass is 652 g/mol. The highest BCUT2D eigenvalue weighted by molar-refractivity contribution is 6.36. The van der Waals surface area contributed by atoms with Crippen molar-refractivity contribution in [3.63, 3.8) is 0 Å². The molecule has 0 amide bonds. The molecule has 7 rings (SSSR count). The number of benzene rings is 3. The maximum absolute atomic E-state index is 9.61. The summed E-state index contributed by atoms with van der Waals surface area (Å²) in [7, 11) is 4.94. The molecule has 242 valence electrons. The Hall–Kier alpha value is -4.64. The molecule has 1 aliphatic heterocycles. The maximum Gasteiger partial charge on any atom is 0.224 e. The van der Waals surface area contributed by atoms with E-state index >= 15 is 0 Å². The molecule has 3 N–H and O–H groups in total.